The first-order chi connectivity index (χ1) is 9.19. The molecular weight excluding hydrogens is 232 g/mol. The summed E-state index contributed by atoms with van der Waals surface area (Å²) < 4.78 is 2.33. The highest BCUT2D eigenvalue weighted by molar-refractivity contribution is 5.85. The van der Waals surface area contributed by atoms with E-state index < -0.39 is 0 Å². The SMILES string of the molecule is CCCC(CC)NCc1c(C)c2ccccc2n1C. The molecule has 2 nitrogen and oxygen atoms in total. The molecule has 0 amide bonds. The van der Waals surface area contributed by atoms with Gasteiger partial charge in [0.05, 0.1) is 0 Å². The molecule has 0 bridgehead atoms. The molecule has 2 aromatic rings. The van der Waals surface area contributed by atoms with Crippen LogP contribution in [0.5, 0.6) is 0 Å². The Labute approximate surface area is 116 Å². The van der Waals surface area contributed by atoms with Crippen molar-refractivity contribution < 1.29 is 0 Å². The summed E-state index contributed by atoms with van der Waals surface area (Å²) in [7, 11) is 2.17. The van der Waals surface area contributed by atoms with Crippen molar-refractivity contribution in [2.24, 2.45) is 7.05 Å². The number of benzene rings is 1. The number of nitrogens with one attached hydrogen (secondary N) is 1. The smallest absolute Gasteiger partial charge is 0.0483 e. The third kappa shape index (κ3) is 2.84. The average molecular weight is 258 g/mol. The van der Waals surface area contributed by atoms with Gasteiger partial charge >= 0.3 is 0 Å². The van der Waals surface area contributed by atoms with Gasteiger partial charge in [0, 0.05) is 36.2 Å². The average Bonchev–Trinajstić information content (AvgIpc) is 2.68. The van der Waals surface area contributed by atoms with Crippen LogP contribution in [0.2, 0.25) is 0 Å². The van der Waals surface area contributed by atoms with Crippen molar-refractivity contribution in [3.05, 3.63) is 35.5 Å². The fraction of sp³-hybridized carbons (Fsp3) is 0.529. The lowest BCUT2D eigenvalue weighted by Gasteiger charge is -2.17. The second-order valence-electron chi connectivity index (χ2n) is 5.42. The highest BCUT2D eigenvalue weighted by Crippen LogP contribution is 2.24. The van der Waals surface area contributed by atoms with Crippen molar-refractivity contribution in [3.8, 4) is 0 Å². The summed E-state index contributed by atoms with van der Waals surface area (Å²) in [6, 6.07) is 9.30. The standard InChI is InChI=1S/C17H26N2/c1-5-9-14(6-2)18-12-17-13(3)15-10-7-8-11-16(15)19(17)4/h7-8,10-11,14,18H,5-6,9,12H2,1-4H3. The van der Waals surface area contributed by atoms with Gasteiger partial charge in [-0.25, -0.2) is 0 Å². The van der Waals surface area contributed by atoms with Gasteiger partial charge in [-0.3, -0.25) is 0 Å². The fourth-order valence-electron chi connectivity index (χ4n) is 2.93. The van der Waals surface area contributed by atoms with Gasteiger partial charge in [-0.05, 0) is 31.4 Å². The molecule has 1 unspecified atom stereocenters. The molecule has 0 radical (unpaired) electrons. The van der Waals surface area contributed by atoms with E-state index >= 15 is 0 Å². The van der Waals surface area contributed by atoms with E-state index in [-0.39, 0.29) is 0 Å². The van der Waals surface area contributed by atoms with E-state index in [1.807, 2.05) is 0 Å². The predicted molar refractivity (Wildman–Crippen MR) is 83.5 cm³/mol. The van der Waals surface area contributed by atoms with E-state index in [1.54, 1.807) is 0 Å². The van der Waals surface area contributed by atoms with Crippen LogP contribution in [0.1, 0.15) is 44.4 Å². The Morgan fingerprint density at radius 3 is 2.58 bits per heavy atom. The summed E-state index contributed by atoms with van der Waals surface area (Å²) in [4.78, 5) is 0. The maximum absolute atomic E-state index is 3.71. The number of nitrogens with zero attached hydrogens (tertiary/aromatic N) is 1. The maximum atomic E-state index is 3.71. The maximum Gasteiger partial charge on any atom is 0.0483 e. The monoisotopic (exact) mass is 258 g/mol. The quantitative estimate of drug-likeness (QED) is 0.823. The van der Waals surface area contributed by atoms with Gasteiger partial charge in [0.25, 0.3) is 0 Å². The summed E-state index contributed by atoms with van der Waals surface area (Å²) in [6.07, 6.45) is 3.72. The van der Waals surface area contributed by atoms with E-state index in [9.17, 15) is 0 Å². The zero-order valence-corrected chi connectivity index (χ0v) is 12.7. The van der Waals surface area contributed by atoms with Crippen LogP contribution in [0.4, 0.5) is 0 Å². The second-order valence-corrected chi connectivity index (χ2v) is 5.42. The highest BCUT2D eigenvalue weighted by Gasteiger charge is 2.12. The van der Waals surface area contributed by atoms with Crippen LogP contribution in [-0.4, -0.2) is 10.6 Å². The van der Waals surface area contributed by atoms with Crippen molar-refractivity contribution >= 4 is 10.9 Å². The first-order valence-corrected chi connectivity index (χ1v) is 7.45. The van der Waals surface area contributed by atoms with Crippen LogP contribution < -0.4 is 5.32 Å². The summed E-state index contributed by atoms with van der Waals surface area (Å²) in [5.74, 6) is 0. The molecule has 1 heterocycles. The van der Waals surface area contributed by atoms with Crippen molar-refractivity contribution in [3.63, 3.8) is 0 Å². The molecule has 1 atom stereocenters. The third-order valence-corrected chi connectivity index (χ3v) is 4.20. The molecule has 0 aliphatic carbocycles. The summed E-state index contributed by atoms with van der Waals surface area (Å²) >= 11 is 0. The van der Waals surface area contributed by atoms with Crippen LogP contribution >= 0.6 is 0 Å². The Morgan fingerprint density at radius 1 is 1.21 bits per heavy atom. The van der Waals surface area contributed by atoms with Crippen LogP contribution in [0.25, 0.3) is 10.9 Å². The Bertz CT molecular complexity index is 500. The van der Waals surface area contributed by atoms with Crippen LogP contribution in [-0.2, 0) is 13.6 Å². The minimum Gasteiger partial charge on any atom is -0.346 e. The molecule has 0 saturated heterocycles. The first kappa shape index (κ1) is 14.1. The van der Waals surface area contributed by atoms with E-state index in [1.165, 1.54) is 41.4 Å². The van der Waals surface area contributed by atoms with Gasteiger partial charge < -0.3 is 9.88 Å². The number of para-hydroxylation sites is 1. The largest absolute Gasteiger partial charge is 0.346 e. The number of aryl methyl sites for hydroxylation is 2. The van der Waals surface area contributed by atoms with Crippen LogP contribution in [0.3, 0.4) is 0 Å². The highest BCUT2D eigenvalue weighted by atomic mass is 15.0. The summed E-state index contributed by atoms with van der Waals surface area (Å²) in [5.41, 5.74) is 4.16. The number of hydrogen-bond acceptors (Lipinski definition) is 1. The minimum atomic E-state index is 0.641. The molecule has 19 heavy (non-hydrogen) atoms. The molecule has 2 heteroatoms. The van der Waals surface area contributed by atoms with Crippen LogP contribution in [0, 0.1) is 6.92 Å². The molecule has 0 aliphatic rings. The van der Waals surface area contributed by atoms with E-state index in [0.29, 0.717) is 6.04 Å². The molecular formula is C17H26N2. The Balaban J connectivity index is 2.21. The third-order valence-electron chi connectivity index (χ3n) is 4.20. The lowest BCUT2D eigenvalue weighted by atomic mass is 10.1. The molecule has 0 spiro atoms. The van der Waals surface area contributed by atoms with Crippen molar-refractivity contribution in [1.29, 1.82) is 0 Å². The number of aromatic nitrogens is 1. The first-order valence-electron chi connectivity index (χ1n) is 7.45. The van der Waals surface area contributed by atoms with Crippen molar-refractivity contribution in [1.82, 2.24) is 9.88 Å². The molecule has 1 aromatic heterocycles. The lowest BCUT2D eigenvalue weighted by molar-refractivity contribution is 0.456. The van der Waals surface area contributed by atoms with E-state index in [2.05, 4.69) is 62.0 Å². The van der Waals surface area contributed by atoms with Gasteiger partial charge in [-0.1, -0.05) is 38.5 Å². The van der Waals surface area contributed by atoms with Crippen LogP contribution in [0.15, 0.2) is 24.3 Å². The summed E-state index contributed by atoms with van der Waals surface area (Å²) in [6.45, 7) is 7.73. The Hall–Kier alpha value is -1.28. The summed E-state index contributed by atoms with van der Waals surface area (Å²) in [5, 5.41) is 5.09. The molecule has 104 valence electrons. The Kier molecular flexibility index (Phi) is 4.65. The molecule has 2 rings (SSSR count). The Morgan fingerprint density at radius 2 is 1.95 bits per heavy atom. The fourth-order valence-corrected chi connectivity index (χ4v) is 2.93. The topological polar surface area (TPSA) is 17.0 Å². The van der Waals surface area contributed by atoms with Gasteiger partial charge in [-0.15, -0.1) is 0 Å². The van der Waals surface area contributed by atoms with E-state index in [4.69, 9.17) is 0 Å². The molecule has 0 aliphatic heterocycles. The molecule has 0 fully saturated rings. The van der Waals surface area contributed by atoms with E-state index in [0.717, 1.165) is 6.54 Å². The van der Waals surface area contributed by atoms with Crippen molar-refractivity contribution in [2.75, 3.05) is 0 Å². The molecule has 1 N–H and O–H groups in total. The van der Waals surface area contributed by atoms with Gasteiger partial charge in [0.1, 0.15) is 0 Å². The minimum absolute atomic E-state index is 0.641. The van der Waals surface area contributed by atoms with Gasteiger partial charge in [0.2, 0.25) is 0 Å². The van der Waals surface area contributed by atoms with Crippen molar-refractivity contribution in [2.45, 2.75) is 52.6 Å². The molecule has 0 saturated carbocycles. The number of rotatable bonds is 6. The number of hydrogen-bond donors (Lipinski definition) is 1. The van der Waals surface area contributed by atoms with Gasteiger partial charge in [0.15, 0.2) is 0 Å². The molecule has 1 aromatic carbocycles. The van der Waals surface area contributed by atoms with Gasteiger partial charge in [-0.2, -0.15) is 0 Å². The lowest BCUT2D eigenvalue weighted by Crippen LogP contribution is -2.28. The predicted octanol–water partition coefficient (Wildman–Crippen LogP) is 4.16. The normalized spacial score (nSPS) is 13.1. The zero-order chi connectivity index (χ0) is 13.8. The zero-order valence-electron chi connectivity index (χ0n) is 12.7. The number of fused-ring (bicyclic) bond motifs is 1. The second kappa shape index (κ2) is 6.25.